The van der Waals surface area contributed by atoms with Gasteiger partial charge in [0.2, 0.25) is 11.8 Å². The lowest BCUT2D eigenvalue weighted by Crippen LogP contribution is -2.55. The van der Waals surface area contributed by atoms with Gasteiger partial charge in [0, 0.05) is 12.1 Å². The van der Waals surface area contributed by atoms with Crippen molar-refractivity contribution in [2.75, 3.05) is 10.8 Å². The van der Waals surface area contributed by atoms with Crippen molar-refractivity contribution in [1.82, 2.24) is 10.2 Å². The van der Waals surface area contributed by atoms with E-state index in [2.05, 4.69) is 19.2 Å². The maximum atomic E-state index is 14.2. The number of sulfonamides is 1. The molecular weight excluding hydrogens is 534 g/mol. The average Bonchev–Trinajstić information content (AvgIpc) is 2.91. The highest BCUT2D eigenvalue weighted by Crippen LogP contribution is 2.27. The Labute approximate surface area is 245 Å². The molecule has 0 heterocycles. The maximum Gasteiger partial charge on any atom is 0.264 e. The fourth-order valence-corrected chi connectivity index (χ4v) is 6.09. The van der Waals surface area contributed by atoms with Gasteiger partial charge >= 0.3 is 0 Å². The van der Waals surface area contributed by atoms with Crippen LogP contribution in [0.2, 0.25) is 0 Å². The number of carbonyl (C=O) groups is 2. The Kier molecular flexibility index (Phi) is 10.4. The molecule has 0 aliphatic rings. The predicted octanol–water partition coefficient (Wildman–Crippen LogP) is 6.04. The lowest BCUT2D eigenvalue weighted by Gasteiger charge is -2.35. The minimum Gasteiger partial charge on any atom is -0.350 e. The first-order chi connectivity index (χ1) is 19.2. The molecule has 220 valence electrons. The molecule has 1 N–H and O–H groups in total. The van der Waals surface area contributed by atoms with E-state index < -0.39 is 34.1 Å². The first kappa shape index (κ1) is 31.9. The third kappa shape index (κ3) is 8.43. The highest BCUT2D eigenvalue weighted by molar-refractivity contribution is 7.92. The van der Waals surface area contributed by atoms with Crippen molar-refractivity contribution in [3.05, 3.63) is 95.6 Å². The van der Waals surface area contributed by atoms with Crippen LogP contribution in [0.1, 0.15) is 70.6 Å². The molecule has 3 rings (SSSR count). The number of nitrogens with zero attached hydrogens (tertiary/aromatic N) is 2. The second-order valence-corrected chi connectivity index (χ2v) is 13.6. The summed E-state index contributed by atoms with van der Waals surface area (Å²) >= 11 is 0. The van der Waals surface area contributed by atoms with Crippen LogP contribution in [0.25, 0.3) is 0 Å². The van der Waals surface area contributed by atoms with Gasteiger partial charge in [-0.1, -0.05) is 80.9 Å². The van der Waals surface area contributed by atoms with Crippen LogP contribution in [-0.2, 0) is 26.2 Å². The van der Waals surface area contributed by atoms with E-state index in [0.717, 1.165) is 21.0 Å². The molecule has 8 heteroatoms. The molecule has 3 aromatic rings. The second kappa shape index (κ2) is 13.3. The molecule has 0 aliphatic carbocycles. The van der Waals surface area contributed by atoms with Crippen molar-refractivity contribution in [3.63, 3.8) is 0 Å². The zero-order valence-electron chi connectivity index (χ0n) is 25.2. The molecule has 0 saturated carbocycles. The van der Waals surface area contributed by atoms with E-state index >= 15 is 0 Å². The molecule has 0 radical (unpaired) electrons. The number of hydrogen-bond acceptors (Lipinski definition) is 4. The normalized spacial score (nSPS) is 12.6. The van der Waals surface area contributed by atoms with Crippen LogP contribution in [0.4, 0.5) is 5.69 Å². The third-order valence-corrected chi connectivity index (χ3v) is 8.57. The number of carbonyl (C=O) groups excluding carboxylic acids is 2. The van der Waals surface area contributed by atoms with Crippen molar-refractivity contribution in [3.8, 4) is 0 Å². The van der Waals surface area contributed by atoms with Gasteiger partial charge in [0.1, 0.15) is 12.6 Å². The van der Waals surface area contributed by atoms with E-state index in [0.29, 0.717) is 12.1 Å². The molecule has 2 amide bonds. The Morgan fingerprint density at radius 3 is 2.07 bits per heavy atom. The Morgan fingerprint density at radius 1 is 0.902 bits per heavy atom. The third-order valence-electron chi connectivity index (χ3n) is 6.78. The minimum atomic E-state index is -4.09. The Morgan fingerprint density at radius 2 is 1.54 bits per heavy atom. The monoisotopic (exact) mass is 577 g/mol. The molecule has 1 atom stereocenters. The molecular formula is C33H43N3O4S. The molecule has 0 spiro atoms. The second-order valence-electron chi connectivity index (χ2n) is 11.7. The average molecular weight is 578 g/mol. The first-order valence-corrected chi connectivity index (χ1v) is 15.5. The molecule has 0 saturated heterocycles. The van der Waals surface area contributed by atoms with Crippen molar-refractivity contribution in [1.29, 1.82) is 0 Å². The highest BCUT2D eigenvalue weighted by atomic mass is 32.2. The van der Waals surface area contributed by atoms with Crippen LogP contribution in [0.3, 0.4) is 0 Å². The summed E-state index contributed by atoms with van der Waals surface area (Å²) in [4.78, 5) is 29.2. The van der Waals surface area contributed by atoms with Gasteiger partial charge in [-0.05, 0) is 75.4 Å². The van der Waals surface area contributed by atoms with Crippen LogP contribution in [0.15, 0.2) is 83.8 Å². The zero-order valence-corrected chi connectivity index (χ0v) is 26.0. The molecule has 0 bridgehead atoms. The number of rotatable bonds is 11. The molecule has 0 aliphatic heterocycles. The lowest BCUT2D eigenvalue weighted by atomic mass is 10.0. The van der Waals surface area contributed by atoms with Crippen LogP contribution in [0, 0.1) is 6.92 Å². The van der Waals surface area contributed by atoms with Crippen LogP contribution in [0.5, 0.6) is 0 Å². The van der Waals surface area contributed by atoms with Crippen LogP contribution >= 0.6 is 0 Å². The van der Waals surface area contributed by atoms with Crippen LogP contribution < -0.4 is 9.62 Å². The molecule has 0 unspecified atom stereocenters. The summed E-state index contributed by atoms with van der Waals surface area (Å²) in [6.07, 6.45) is 0.369. The fraction of sp³-hybridized carbons (Fsp3) is 0.394. The van der Waals surface area contributed by atoms with E-state index in [-0.39, 0.29) is 23.3 Å². The summed E-state index contributed by atoms with van der Waals surface area (Å²) in [6.45, 7) is 13.3. The van der Waals surface area contributed by atoms with Gasteiger partial charge in [-0.2, -0.15) is 0 Å². The number of nitrogens with one attached hydrogen (secondary N) is 1. The minimum absolute atomic E-state index is 0.0866. The van der Waals surface area contributed by atoms with Crippen LogP contribution in [-0.4, -0.2) is 43.3 Å². The molecule has 3 aromatic carbocycles. The quantitative estimate of drug-likeness (QED) is 0.301. The van der Waals surface area contributed by atoms with E-state index in [4.69, 9.17) is 0 Å². The smallest absolute Gasteiger partial charge is 0.264 e. The van der Waals surface area contributed by atoms with E-state index in [1.165, 1.54) is 17.0 Å². The molecule has 41 heavy (non-hydrogen) atoms. The van der Waals surface area contributed by atoms with E-state index in [1.807, 2.05) is 71.0 Å². The molecule has 0 aromatic heterocycles. The summed E-state index contributed by atoms with van der Waals surface area (Å²) in [6, 6.07) is 22.3. The van der Waals surface area contributed by atoms with Gasteiger partial charge < -0.3 is 10.2 Å². The van der Waals surface area contributed by atoms with Gasteiger partial charge in [0.05, 0.1) is 10.6 Å². The van der Waals surface area contributed by atoms with Crippen molar-refractivity contribution >= 4 is 27.5 Å². The zero-order chi connectivity index (χ0) is 30.4. The SMILES string of the molecule is CC[C@@H](C(=O)NC(C)(C)C)N(Cc1cccc(C)c1)C(=O)CN(c1ccc(C(C)C)cc1)S(=O)(=O)c1ccccc1. The topological polar surface area (TPSA) is 86.8 Å². The summed E-state index contributed by atoms with van der Waals surface area (Å²) in [5.41, 5.74) is 2.83. The number of aryl methyl sites for hydroxylation is 1. The number of anilines is 1. The molecule has 7 nitrogen and oxygen atoms in total. The van der Waals surface area contributed by atoms with Gasteiger partial charge in [-0.3, -0.25) is 13.9 Å². The van der Waals surface area contributed by atoms with Gasteiger partial charge in [0.15, 0.2) is 0 Å². The number of benzene rings is 3. The van der Waals surface area contributed by atoms with E-state index in [1.54, 1.807) is 30.3 Å². The Hall–Kier alpha value is -3.65. The van der Waals surface area contributed by atoms with Crippen molar-refractivity contribution < 1.29 is 18.0 Å². The fourth-order valence-electron chi connectivity index (χ4n) is 4.65. The summed E-state index contributed by atoms with van der Waals surface area (Å²) in [5, 5.41) is 3.00. The van der Waals surface area contributed by atoms with Gasteiger partial charge in [-0.15, -0.1) is 0 Å². The predicted molar refractivity (Wildman–Crippen MR) is 165 cm³/mol. The largest absolute Gasteiger partial charge is 0.350 e. The number of amides is 2. The Bertz CT molecular complexity index is 1430. The Balaban J connectivity index is 2.08. The van der Waals surface area contributed by atoms with Gasteiger partial charge in [0.25, 0.3) is 10.0 Å². The lowest BCUT2D eigenvalue weighted by molar-refractivity contribution is -0.141. The van der Waals surface area contributed by atoms with Gasteiger partial charge in [-0.25, -0.2) is 8.42 Å². The first-order valence-electron chi connectivity index (χ1n) is 14.1. The van der Waals surface area contributed by atoms with E-state index in [9.17, 15) is 18.0 Å². The van der Waals surface area contributed by atoms with Crippen molar-refractivity contribution in [2.45, 2.75) is 83.8 Å². The summed E-state index contributed by atoms with van der Waals surface area (Å²) in [7, 11) is -4.09. The summed E-state index contributed by atoms with van der Waals surface area (Å²) < 4.78 is 29.0. The molecule has 0 fully saturated rings. The van der Waals surface area contributed by atoms with Crippen molar-refractivity contribution in [2.24, 2.45) is 0 Å². The standard InChI is InChI=1S/C33H43N3O4S/c1-8-30(32(38)34-33(5,6)7)35(22-26-14-12-13-25(4)21-26)31(37)23-36(28-19-17-27(18-20-28)24(2)3)41(39,40)29-15-10-9-11-16-29/h9-21,24,30H,8,22-23H2,1-7H3,(H,34,38)/t30-/m0/s1. The number of hydrogen-bond donors (Lipinski definition) is 1. The highest BCUT2D eigenvalue weighted by Gasteiger charge is 2.34. The maximum absolute atomic E-state index is 14.2. The summed E-state index contributed by atoms with van der Waals surface area (Å²) in [5.74, 6) is -0.476.